The van der Waals surface area contributed by atoms with E-state index in [1.54, 1.807) is 46.1 Å². The first-order valence-corrected chi connectivity index (χ1v) is 14.4. The van der Waals surface area contributed by atoms with E-state index in [1.807, 2.05) is 0 Å². The summed E-state index contributed by atoms with van der Waals surface area (Å²) in [4.78, 5) is 79.8. The summed E-state index contributed by atoms with van der Waals surface area (Å²) in [6, 6.07) is 5.24. The first-order chi connectivity index (χ1) is 22.8. The highest BCUT2D eigenvalue weighted by Gasteiger charge is 2.25. The van der Waals surface area contributed by atoms with E-state index < -0.39 is 34.6 Å². The van der Waals surface area contributed by atoms with Gasteiger partial charge < -0.3 is 41.5 Å². The summed E-state index contributed by atoms with van der Waals surface area (Å²) in [5.41, 5.74) is 7.56. The lowest BCUT2D eigenvalue weighted by Crippen LogP contribution is -2.30. The number of aromatic nitrogens is 5. The average molecular weight is 658 g/mol. The summed E-state index contributed by atoms with van der Waals surface area (Å²) in [5.74, 6) is -2.20. The van der Waals surface area contributed by atoms with Crippen molar-refractivity contribution in [2.75, 3.05) is 22.5 Å². The maximum absolute atomic E-state index is 13.2. The Bertz CT molecular complexity index is 2130. The van der Waals surface area contributed by atoms with Gasteiger partial charge in [0, 0.05) is 55.8 Å². The van der Waals surface area contributed by atoms with Crippen LogP contribution < -0.4 is 27.0 Å². The summed E-state index contributed by atoms with van der Waals surface area (Å²) < 4.78 is 2.54. The lowest BCUT2D eigenvalue weighted by Gasteiger charge is -2.10. The van der Waals surface area contributed by atoms with E-state index >= 15 is 0 Å². The van der Waals surface area contributed by atoms with Crippen LogP contribution in [0.5, 0.6) is 0 Å². The number of nitro groups is 1. The molecule has 0 aliphatic rings. The number of hydrogen-bond acceptors (Lipinski definition) is 8. The van der Waals surface area contributed by atoms with Crippen molar-refractivity contribution in [1.29, 1.82) is 0 Å². The predicted molar refractivity (Wildman–Crippen MR) is 174 cm³/mol. The number of rotatable bonds is 10. The van der Waals surface area contributed by atoms with Gasteiger partial charge in [0.15, 0.2) is 0 Å². The van der Waals surface area contributed by atoms with Gasteiger partial charge in [-0.2, -0.15) is 9.78 Å². The van der Waals surface area contributed by atoms with Crippen molar-refractivity contribution in [2.45, 2.75) is 27.2 Å². The monoisotopic (exact) mass is 657 g/mol. The zero-order chi connectivity index (χ0) is 34.9. The standard InChI is InChI=1S/C30H31N11O7/c1-14-19(12-33-24(14)27(43)35-18-9-11-39(4)26(18)29(45)32-10-8-22(31)42)36-28(44)25-15(2)20(13-34-25)37-30(46)40-16(3)23-17(38-40)6-5-7-21(23)41(47)48/h5-7,9,11-13,33-34H,8,10H2,1-4H3,(H2,31,42)(H,32,45)(H,35,43)(H,36,44)(H,37,46). The van der Waals surface area contributed by atoms with Crippen LogP contribution in [-0.2, 0) is 11.8 Å². The molecule has 5 rings (SSSR count). The van der Waals surface area contributed by atoms with Crippen LogP contribution in [-0.4, -0.2) is 65.4 Å². The number of nitrogens with two attached hydrogens (primary N) is 1. The number of nitrogens with zero attached hydrogens (tertiary/aromatic N) is 4. The molecule has 0 aliphatic heterocycles. The third-order valence-electron chi connectivity index (χ3n) is 7.71. The molecule has 0 saturated heterocycles. The van der Waals surface area contributed by atoms with E-state index in [0.29, 0.717) is 16.8 Å². The number of nitrogens with one attached hydrogen (secondary N) is 6. The van der Waals surface area contributed by atoms with E-state index in [9.17, 15) is 34.1 Å². The van der Waals surface area contributed by atoms with Gasteiger partial charge in [-0.25, -0.2) is 4.79 Å². The molecular weight excluding hydrogens is 626 g/mol. The topological polar surface area (TPSA) is 257 Å². The molecule has 0 fully saturated rings. The molecule has 5 amide bonds. The molecule has 8 N–H and O–H groups in total. The number of anilines is 3. The Labute approximate surface area is 271 Å². The molecule has 0 aliphatic carbocycles. The number of nitro benzene ring substituents is 1. The molecule has 4 heterocycles. The molecule has 0 radical (unpaired) electrons. The van der Waals surface area contributed by atoms with Gasteiger partial charge in [0.25, 0.3) is 23.4 Å². The highest BCUT2D eigenvalue weighted by molar-refractivity contribution is 6.11. The van der Waals surface area contributed by atoms with Crippen LogP contribution in [0.1, 0.15) is 54.7 Å². The third-order valence-corrected chi connectivity index (χ3v) is 7.71. The maximum atomic E-state index is 13.2. The highest BCUT2D eigenvalue weighted by atomic mass is 16.6. The average Bonchev–Trinajstić information content (AvgIpc) is 3.78. The molecule has 248 valence electrons. The number of carbonyl (C=O) groups is 5. The number of benzene rings is 1. The quantitative estimate of drug-likeness (QED) is 0.0865. The number of carbonyl (C=O) groups excluding carboxylic acids is 5. The van der Waals surface area contributed by atoms with Crippen LogP contribution in [0.3, 0.4) is 0 Å². The Morgan fingerprint density at radius 3 is 2.10 bits per heavy atom. The number of primary amides is 1. The van der Waals surface area contributed by atoms with Crippen molar-refractivity contribution < 1.29 is 28.9 Å². The van der Waals surface area contributed by atoms with Gasteiger partial charge in [0.2, 0.25) is 5.91 Å². The van der Waals surface area contributed by atoms with Crippen LogP contribution in [0, 0.1) is 30.9 Å². The summed E-state index contributed by atoms with van der Waals surface area (Å²) >= 11 is 0. The van der Waals surface area contributed by atoms with Crippen LogP contribution in [0.2, 0.25) is 0 Å². The Balaban J connectivity index is 1.27. The Morgan fingerprint density at radius 2 is 1.50 bits per heavy atom. The Hall–Kier alpha value is -6.72. The molecule has 0 unspecified atom stereocenters. The van der Waals surface area contributed by atoms with Crippen LogP contribution in [0.4, 0.5) is 27.5 Å². The van der Waals surface area contributed by atoms with E-state index in [4.69, 9.17) is 5.73 Å². The summed E-state index contributed by atoms with van der Waals surface area (Å²) in [6.45, 7) is 4.82. The Kier molecular flexibility index (Phi) is 8.81. The number of aromatic amines is 2. The second-order valence-corrected chi connectivity index (χ2v) is 10.8. The van der Waals surface area contributed by atoms with E-state index in [0.717, 1.165) is 4.68 Å². The molecule has 18 heteroatoms. The largest absolute Gasteiger partial charge is 0.370 e. The van der Waals surface area contributed by atoms with Gasteiger partial charge >= 0.3 is 6.03 Å². The van der Waals surface area contributed by atoms with Gasteiger partial charge in [0.05, 0.1) is 27.7 Å². The minimum atomic E-state index is -0.686. The minimum absolute atomic E-state index is 0.0355. The zero-order valence-corrected chi connectivity index (χ0v) is 26.2. The first kappa shape index (κ1) is 32.7. The fourth-order valence-electron chi connectivity index (χ4n) is 5.18. The lowest BCUT2D eigenvalue weighted by molar-refractivity contribution is -0.383. The zero-order valence-electron chi connectivity index (χ0n) is 26.2. The number of fused-ring (bicyclic) bond motifs is 1. The molecule has 0 spiro atoms. The number of H-pyrrole nitrogens is 2. The van der Waals surface area contributed by atoms with Crippen molar-refractivity contribution in [3.05, 3.63) is 86.9 Å². The molecule has 4 aromatic heterocycles. The van der Waals surface area contributed by atoms with Gasteiger partial charge in [-0.3, -0.25) is 29.3 Å². The first-order valence-electron chi connectivity index (χ1n) is 14.4. The smallest absolute Gasteiger partial charge is 0.346 e. The molecule has 18 nitrogen and oxygen atoms in total. The van der Waals surface area contributed by atoms with Crippen LogP contribution in [0.15, 0.2) is 42.9 Å². The highest BCUT2D eigenvalue weighted by Crippen LogP contribution is 2.29. The van der Waals surface area contributed by atoms with Crippen molar-refractivity contribution in [2.24, 2.45) is 12.8 Å². The normalized spacial score (nSPS) is 10.9. The van der Waals surface area contributed by atoms with Gasteiger partial charge in [0.1, 0.15) is 28.0 Å². The Morgan fingerprint density at radius 1 is 0.896 bits per heavy atom. The summed E-state index contributed by atoms with van der Waals surface area (Å²) in [6.07, 6.45) is 4.41. The fourth-order valence-corrected chi connectivity index (χ4v) is 5.18. The number of aryl methyl sites for hydroxylation is 2. The SMILES string of the molecule is Cc1c(NC(=O)c2[nH]cc(NC(=O)n3nc4cccc([N+](=O)[O-])c4c3C)c2C)c[nH]c1C(=O)Nc1ccn(C)c1C(=O)NCCC(N)=O. The van der Waals surface area contributed by atoms with E-state index in [2.05, 4.69) is 36.3 Å². The molecular formula is C30H31N11O7. The van der Waals surface area contributed by atoms with Crippen LogP contribution in [0.25, 0.3) is 10.9 Å². The molecule has 0 bridgehead atoms. The van der Waals surface area contributed by atoms with Crippen molar-refractivity contribution in [3.63, 3.8) is 0 Å². The predicted octanol–water partition coefficient (Wildman–Crippen LogP) is 3.05. The maximum Gasteiger partial charge on any atom is 0.346 e. The molecule has 0 atom stereocenters. The van der Waals surface area contributed by atoms with Gasteiger partial charge in [-0.1, -0.05) is 6.07 Å². The van der Waals surface area contributed by atoms with Crippen molar-refractivity contribution >= 4 is 63.3 Å². The number of non-ortho nitro benzene ring substituents is 1. The van der Waals surface area contributed by atoms with E-state index in [-0.39, 0.29) is 63.7 Å². The molecule has 1 aromatic carbocycles. The number of hydrogen-bond donors (Lipinski definition) is 7. The number of amides is 5. The van der Waals surface area contributed by atoms with Crippen molar-refractivity contribution in [3.8, 4) is 0 Å². The molecule has 48 heavy (non-hydrogen) atoms. The third kappa shape index (κ3) is 6.21. The molecule has 5 aromatic rings. The van der Waals surface area contributed by atoms with Crippen molar-refractivity contribution in [1.82, 2.24) is 29.6 Å². The second kappa shape index (κ2) is 12.9. The minimum Gasteiger partial charge on any atom is -0.370 e. The van der Waals surface area contributed by atoms with E-state index in [1.165, 1.54) is 29.1 Å². The summed E-state index contributed by atoms with van der Waals surface area (Å²) in [7, 11) is 1.62. The van der Waals surface area contributed by atoms with Crippen LogP contribution >= 0.6 is 0 Å². The summed E-state index contributed by atoms with van der Waals surface area (Å²) in [5, 5.41) is 26.6. The molecule has 0 saturated carbocycles. The van der Waals surface area contributed by atoms with Gasteiger partial charge in [-0.15, -0.1) is 0 Å². The van der Waals surface area contributed by atoms with Gasteiger partial charge in [-0.05, 0) is 32.9 Å². The fraction of sp³-hybridized carbons (Fsp3) is 0.200. The lowest BCUT2D eigenvalue weighted by atomic mass is 10.2. The second-order valence-electron chi connectivity index (χ2n) is 10.8.